The standard InChI is InChI=1S/C42H31N5/c1-43-41(30-17-5-2-6-18-30)45-42(31-19-7-3-8-20-31)44-29-46-36-26-14-11-23-33(36)39-34-24-12-15-27-37(34)47(32-21-9-4-10-22-32)38-28-16-13-25-35(38)40(39)46/h2-28H,1,29H2/b44-42-,45-41?. The van der Waals surface area contributed by atoms with Crippen molar-refractivity contribution in [2.24, 2.45) is 15.0 Å². The maximum atomic E-state index is 5.24. The minimum atomic E-state index is 0.352. The van der Waals surface area contributed by atoms with Crippen LogP contribution in [-0.2, 0) is 6.67 Å². The molecule has 0 radical (unpaired) electrons. The molecule has 2 heterocycles. The Morgan fingerprint density at radius 1 is 0.532 bits per heavy atom. The number of nitrogens with zero attached hydrogens (tertiary/aromatic N) is 5. The van der Waals surface area contributed by atoms with E-state index >= 15 is 0 Å². The Hall–Kier alpha value is -6.33. The second-order valence-electron chi connectivity index (χ2n) is 11.3. The van der Waals surface area contributed by atoms with Crippen molar-refractivity contribution in [1.82, 2.24) is 4.57 Å². The molecule has 0 fully saturated rings. The molecule has 224 valence electrons. The van der Waals surface area contributed by atoms with Gasteiger partial charge in [0, 0.05) is 38.9 Å². The SMILES string of the molecule is C=NC(=N/C(=N\Cn1c2c(c3ccccc31)-c1ccccc1N(c1ccccc1)c1ccccc1-2)c1ccccc1)c1ccccc1. The third-order valence-electron chi connectivity index (χ3n) is 8.59. The lowest BCUT2D eigenvalue weighted by Gasteiger charge is -2.27. The summed E-state index contributed by atoms with van der Waals surface area (Å²) in [5, 5.41) is 1.18. The Morgan fingerprint density at radius 2 is 1.06 bits per heavy atom. The average molecular weight is 606 g/mol. The summed E-state index contributed by atoms with van der Waals surface area (Å²) in [6.07, 6.45) is 0. The number of aliphatic imine (C=N–C) groups is 3. The first-order chi connectivity index (χ1) is 23.3. The van der Waals surface area contributed by atoms with E-state index in [2.05, 4.69) is 124 Å². The molecule has 0 bridgehead atoms. The molecule has 1 aliphatic heterocycles. The van der Waals surface area contributed by atoms with Crippen molar-refractivity contribution in [2.45, 2.75) is 6.67 Å². The number of hydrogen-bond acceptors (Lipinski definition) is 2. The molecule has 0 spiro atoms. The zero-order valence-corrected chi connectivity index (χ0v) is 25.7. The number of aromatic nitrogens is 1. The van der Waals surface area contributed by atoms with E-state index in [1.165, 1.54) is 16.5 Å². The molecule has 47 heavy (non-hydrogen) atoms. The summed E-state index contributed by atoms with van der Waals surface area (Å²) in [6, 6.07) is 56.6. The maximum absolute atomic E-state index is 5.24. The Balaban J connectivity index is 1.38. The molecule has 7 aromatic rings. The summed E-state index contributed by atoms with van der Waals surface area (Å²) >= 11 is 0. The van der Waals surface area contributed by atoms with Crippen LogP contribution in [0, 0.1) is 0 Å². The van der Waals surface area contributed by atoms with Gasteiger partial charge in [-0.25, -0.2) is 15.0 Å². The van der Waals surface area contributed by atoms with Gasteiger partial charge in [-0.3, -0.25) is 0 Å². The molecule has 0 N–H and O–H groups in total. The van der Waals surface area contributed by atoms with Crippen LogP contribution in [0.1, 0.15) is 11.1 Å². The van der Waals surface area contributed by atoms with Crippen LogP contribution in [0.4, 0.5) is 17.1 Å². The lowest BCUT2D eigenvalue weighted by molar-refractivity contribution is 0.773. The van der Waals surface area contributed by atoms with Crippen molar-refractivity contribution in [3.05, 3.63) is 175 Å². The van der Waals surface area contributed by atoms with E-state index in [0.29, 0.717) is 18.3 Å². The van der Waals surface area contributed by atoms with E-state index in [1.807, 2.05) is 60.7 Å². The first-order valence-electron chi connectivity index (χ1n) is 15.7. The monoisotopic (exact) mass is 605 g/mol. The van der Waals surface area contributed by atoms with E-state index in [-0.39, 0.29) is 0 Å². The van der Waals surface area contributed by atoms with Gasteiger partial charge in [0.1, 0.15) is 6.67 Å². The molecule has 0 atom stereocenters. The lowest BCUT2D eigenvalue weighted by atomic mass is 9.98. The minimum absolute atomic E-state index is 0.352. The second-order valence-corrected chi connectivity index (χ2v) is 11.3. The fourth-order valence-electron chi connectivity index (χ4n) is 6.53. The smallest absolute Gasteiger partial charge is 0.161 e. The molecule has 1 aromatic heterocycles. The van der Waals surface area contributed by atoms with Gasteiger partial charge in [0.15, 0.2) is 11.7 Å². The molecular weight excluding hydrogens is 574 g/mol. The Labute approximate surface area is 274 Å². The van der Waals surface area contributed by atoms with Crippen molar-refractivity contribution in [2.75, 3.05) is 4.90 Å². The lowest BCUT2D eigenvalue weighted by Crippen LogP contribution is -2.11. The highest BCUT2D eigenvalue weighted by atomic mass is 15.2. The summed E-state index contributed by atoms with van der Waals surface area (Å²) in [7, 11) is 0. The Kier molecular flexibility index (Phi) is 7.32. The zero-order valence-electron chi connectivity index (χ0n) is 25.7. The highest BCUT2D eigenvalue weighted by Crippen LogP contribution is 2.53. The first-order valence-corrected chi connectivity index (χ1v) is 15.7. The van der Waals surface area contributed by atoms with Crippen molar-refractivity contribution >= 4 is 46.4 Å². The van der Waals surface area contributed by atoms with Gasteiger partial charge in [-0.15, -0.1) is 0 Å². The van der Waals surface area contributed by atoms with Crippen LogP contribution in [0.2, 0.25) is 0 Å². The Morgan fingerprint density at radius 3 is 1.74 bits per heavy atom. The molecule has 8 rings (SSSR count). The number of rotatable bonds is 5. The molecule has 0 saturated carbocycles. The van der Waals surface area contributed by atoms with Gasteiger partial charge in [0.2, 0.25) is 0 Å². The van der Waals surface area contributed by atoms with Crippen molar-refractivity contribution in [3.8, 4) is 22.4 Å². The topological polar surface area (TPSA) is 45.2 Å². The van der Waals surface area contributed by atoms with Gasteiger partial charge >= 0.3 is 0 Å². The third kappa shape index (κ3) is 5.04. The number of amidine groups is 2. The van der Waals surface area contributed by atoms with Gasteiger partial charge < -0.3 is 9.47 Å². The Bertz CT molecular complexity index is 2280. The summed E-state index contributed by atoms with van der Waals surface area (Å²) in [5.74, 6) is 1.12. The van der Waals surface area contributed by atoms with Gasteiger partial charge in [0.25, 0.3) is 0 Å². The van der Waals surface area contributed by atoms with Crippen LogP contribution in [-0.4, -0.2) is 23.0 Å². The van der Waals surface area contributed by atoms with Crippen molar-refractivity contribution < 1.29 is 0 Å². The number of fused-ring (bicyclic) bond motifs is 7. The van der Waals surface area contributed by atoms with Crippen LogP contribution in [0.15, 0.2) is 179 Å². The predicted molar refractivity (Wildman–Crippen MR) is 197 cm³/mol. The summed E-state index contributed by atoms with van der Waals surface area (Å²) in [6.45, 7) is 4.19. The highest BCUT2D eigenvalue weighted by molar-refractivity contribution is 6.14. The summed E-state index contributed by atoms with van der Waals surface area (Å²) in [5.41, 5.74) is 10.9. The molecule has 5 nitrogen and oxygen atoms in total. The van der Waals surface area contributed by atoms with Crippen molar-refractivity contribution in [3.63, 3.8) is 0 Å². The van der Waals surface area contributed by atoms with E-state index in [1.54, 1.807) is 0 Å². The highest BCUT2D eigenvalue weighted by Gasteiger charge is 2.30. The normalized spacial score (nSPS) is 12.6. The average Bonchev–Trinajstić information content (AvgIpc) is 3.40. The van der Waals surface area contributed by atoms with Gasteiger partial charge in [0.05, 0.1) is 22.6 Å². The molecule has 1 aliphatic rings. The number of hydrogen-bond donors (Lipinski definition) is 0. The maximum Gasteiger partial charge on any atom is 0.161 e. The molecular formula is C42H31N5. The van der Waals surface area contributed by atoms with Crippen LogP contribution in [0.25, 0.3) is 33.3 Å². The van der Waals surface area contributed by atoms with Crippen LogP contribution in [0.5, 0.6) is 0 Å². The number of benzene rings is 6. The van der Waals surface area contributed by atoms with Crippen molar-refractivity contribution in [1.29, 1.82) is 0 Å². The van der Waals surface area contributed by atoms with Crippen LogP contribution >= 0.6 is 0 Å². The van der Waals surface area contributed by atoms with E-state index in [4.69, 9.17) is 9.98 Å². The van der Waals surface area contributed by atoms with Crippen LogP contribution < -0.4 is 4.90 Å². The summed E-state index contributed by atoms with van der Waals surface area (Å²) < 4.78 is 2.33. The molecule has 6 aromatic carbocycles. The second kappa shape index (κ2) is 12.2. The third-order valence-corrected chi connectivity index (χ3v) is 8.59. The molecule has 0 aliphatic carbocycles. The predicted octanol–water partition coefficient (Wildman–Crippen LogP) is 10.3. The quantitative estimate of drug-likeness (QED) is 0.142. The zero-order chi connectivity index (χ0) is 31.6. The van der Waals surface area contributed by atoms with E-state index in [0.717, 1.165) is 45.0 Å². The van der Waals surface area contributed by atoms with E-state index in [9.17, 15) is 0 Å². The molecule has 0 amide bonds. The number of para-hydroxylation sites is 4. The first kappa shape index (κ1) is 28.2. The van der Waals surface area contributed by atoms with E-state index < -0.39 is 0 Å². The van der Waals surface area contributed by atoms with Crippen LogP contribution in [0.3, 0.4) is 0 Å². The minimum Gasteiger partial charge on any atom is -0.319 e. The number of anilines is 3. The summed E-state index contributed by atoms with van der Waals surface area (Å²) in [4.78, 5) is 16.9. The fourth-order valence-corrected chi connectivity index (χ4v) is 6.53. The fraction of sp³-hybridized carbons (Fsp3) is 0.0238. The molecule has 5 heteroatoms. The van der Waals surface area contributed by atoms with Gasteiger partial charge in [-0.05, 0) is 37.0 Å². The molecule has 0 unspecified atom stereocenters. The largest absolute Gasteiger partial charge is 0.319 e. The van der Waals surface area contributed by atoms with Gasteiger partial charge in [-0.1, -0.05) is 133 Å². The van der Waals surface area contributed by atoms with Gasteiger partial charge in [-0.2, -0.15) is 0 Å². The molecule has 0 saturated heterocycles.